The van der Waals surface area contributed by atoms with E-state index in [1.54, 1.807) is 12.2 Å². The van der Waals surface area contributed by atoms with Gasteiger partial charge in [-0.15, -0.1) is 0 Å². The predicted octanol–water partition coefficient (Wildman–Crippen LogP) is 0.112. The van der Waals surface area contributed by atoms with Crippen LogP contribution in [0.1, 0.15) is 0 Å². The first-order chi connectivity index (χ1) is 3.33. The SMILES string of the molecule is C=CC=C.N.O.O=C=O. The van der Waals surface area contributed by atoms with Crippen molar-refractivity contribution in [3.63, 3.8) is 0 Å². The van der Waals surface area contributed by atoms with Crippen LogP contribution < -0.4 is 6.15 Å². The van der Waals surface area contributed by atoms with Gasteiger partial charge < -0.3 is 11.6 Å². The lowest BCUT2D eigenvalue weighted by Gasteiger charge is -1.44. The summed E-state index contributed by atoms with van der Waals surface area (Å²) in [6.07, 6.45) is 3.53. The molecular weight excluding hydrogens is 122 g/mol. The second-order valence-corrected chi connectivity index (χ2v) is 0.555. The molecule has 0 spiro atoms. The fourth-order valence-electron chi connectivity index (χ4n) is 0. The molecule has 0 aromatic carbocycles. The molecule has 0 atom stereocenters. The van der Waals surface area contributed by atoms with E-state index in [0.29, 0.717) is 0 Å². The Morgan fingerprint density at radius 3 is 1.22 bits per heavy atom. The zero-order valence-electron chi connectivity index (χ0n) is 5.09. The highest BCUT2D eigenvalue weighted by atomic mass is 16.2. The van der Waals surface area contributed by atoms with Crippen LogP contribution in [0.3, 0.4) is 0 Å². The van der Waals surface area contributed by atoms with Gasteiger partial charge in [-0.1, -0.05) is 25.3 Å². The molecule has 0 bridgehead atoms. The molecule has 0 unspecified atom stereocenters. The van der Waals surface area contributed by atoms with Crippen molar-refractivity contribution >= 4 is 6.15 Å². The molecule has 9 heavy (non-hydrogen) atoms. The van der Waals surface area contributed by atoms with E-state index in [4.69, 9.17) is 9.59 Å². The fraction of sp³-hybridized carbons (Fsp3) is 0. The quantitative estimate of drug-likeness (QED) is 0.513. The molecule has 0 aromatic heterocycles. The molecule has 0 heterocycles. The molecule has 0 saturated heterocycles. The second kappa shape index (κ2) is 71.5. The van der Waals surface area contributed by atoms with Crippen LogP contribution in [0.5, 0.6) is 0 Å². The zero-order chi connectivity index (χ0) is 6.12. The highest BCUT2D eigenvalue weighted by Gasteiger charge is 1.29. The molecule has 0 aliphatic carbocycles. The third kappa shape index (κ3) is 3200. The van der Waals surface area contributed by atoms with Gasteiger partial charge >= 0.3 is 6.15 Å². The highest BCUT2D eigenvalue weighted by molar-refractivity contribution is 5.20. The van der Waals surface area contributed by atoms with Crippen LogP contribution >= 0.6 is 0 Å². The largest absolute Gasteiger partial charge is 0.412 e. The van der Waals surface area contributed by atoms with E-state index in [1.807, 2.05) is 0 Å². The van der Waals surface area contributed by atoms with Crippen molar-refractivity contribution in [2.45, 2.75) is 0 Å². The Hall–Kier alpha value is -1.22. The Bertz CT molecular complexity index is 78.2. The smallest absolute Gasteiger partial charge is 0.373 e. The average molecular weight is 133 g/mol. The summed E-state index contributed by atoms with van der Waals surface area (Å²) in [5, 5.41) is 0. The first-order valence-corrected chi connectivity index (χ1v) is 1.56. The van der Waals surface area contributed by atoms with Crippen molar-refractivity contribution in [2.75, 3.05) is 0 Å². The molecule has 0 aliphatic rings. The molecule has 0 rings (SSSR count). The summed E-state index contributed by atoms with van der Waals surface area (Å²) < 4.78 is 0. The Kier molecular flexibility index (Phi) is 199. The van der Waals surface area contributed by atoms with Crippen LogP contribution in [0.25, 0.3) is 0 Å². The summed E-state index contributed by atoms with van der Waals surface area (Å²) in [7, 11) is 0. The van der Waals surface area contributed by atoms with Crippen molar-refractivity contribution in [2.24, 2.45) is 0 Å². The van der Waals surface area contributed by atoms with Gasteiger partial charge in [0.15, 0.2) is 0 Å². The Balaban J connectivity index is -0.0000000233. The standard InChI is InChI=1S/C4H6.CO2.H3N.H2O/c1-3-4-2;2-1-3;;/h3-4H,1-2H2;;1H3;1H2. The van der Waals surface area contributed by atoms with Crippen LogP contribution in [0.2, 0.25) is 0 Å². The molecule has 54 valence electrons. The van der Waals surface area contributed by atoms with Gasteiger partial charge in [0.25, 0.3) is 0 Å². The molecular formula is C5H11NO3. The zero-order valence-corrected chi connectivity index (χ0v) is 5.09. The van der Waals surface area contributed by atoms with Crippen molar-refractivity contribution in [3.8, 4) is 0 Å². The van der Waals surface area contributed by atoms with Gasteiger partial charge in [0.1, 0.15) is 0 Å². The van der Waals surface area contributed by atoms with E-state index in [2.05, 4.69) is 13.2 Å². The first kappa shape index (κ1) is 25.0. The lowest BCUT2D eigenvalue weighted by atomic mass is 10.6. The van der Waals surface area contributed by atoms with E-state index in [9.17, 15) is 0 Å². The van der Waals surface area contributed by atoms with E-state index < -0.39 is 0 Å². The molecule has 4 nitrogen and oxygen atoms in total. The van der Waals surface area contributed by atoms with Crippen molar-refractivity contribution in [1.82, 2.24) is 6.15 Å². The summed E-state index contributed by atoms with van der Waals surface area (Å²) in [4.78, 5) is 16.2. The van der Waals surface area contributed by atoms with Crippen molar-refractivity contribution in [1.29, 1.82) is 0 Å². The molecule has 5 N–H and O–H groups in total. The number of allylic oxidation sites excluding steroid dienone is 2. The first-order valence-electron chi connectivity index (χ1n) is 1.56. The number of rotatable bonds is 1. The van der Waals surface area contributed by atoms with Crippen LogP contribution in [0, 0.1) is 0 Å². The number of hydrogen-bond acceptors (Lipinski definition) is 3. The summed E-state index contributed by atoms with van der Waals surface area (Å²) in [5.41, 5.74) is 0. The maximum absolute atomic E-state index is 8.12. The van der Waals surface area contributed by atoms with Gasteiger partial charge in [-0.05, 0) is 0 Å². The van der Waals surface area contributed by atoms with Gasteiger partial charge in [-0.2, -0.15) is 9.59 Å². The normalized spacial score (nSPS) is 3.11. The summed E-state index contributed by atoms with van der Waals surface area (Å²) in [6, 6.07) is 0. The monoisotopic (exact) mass is 133 g/mol. The predicted molar refractivity (Wildman–Crippen MR) is 34.0 cm³/mol. The van der Waals surface area contributed by atoms with Gasteiger partial charge in [-0.25, -0.2) is 0 Å². The molecule has 0 aliphatic heterocycles. The lowest BCUT2D eigenvalue weighted by molar-refractivity contribution is -0.191. The molecule has 0 saturated carbocycles. The molecule has 0 aromatic rings. The molecule has 4 heteroatoms. The maximum atomic E-state index is 8.12. The molecule has 0 fully saturated rings. The van der Waals surface area contributed by atoms with E-state index in [-0.39, 0.29) is 17.8 Å². The van der Waals surface area contributed by atoms with Gasteiger partial charge in [-0.3, -0.25) is 0 Å². The Labute approximate surface area is 53.8 Å². The molecule has 0 amide bonds. The third-order valence-electron chi connectivity index (χ3n) is 0.167. The van der Waals surface area contributed by atoms with E-state index in [0.717, 1.165) is 0 Å². The molecule has 0 radical (unpaired) electrons. The van der Waals surface area contributed by atoms with Crippen LogP contribution in [-0.4, -0.2) is 11.6 Å². The van der Waals surface area contributed by atoms with Crippen molar-refractivity contribution < 1.29 is 15.1 Å². The lowest BCUT2D eigenvalue weighted by Crippen LogP contribution is -1.22. The number of carbonyl (C=O) groups excluding carboxylic acids is 2. The van der Waals surface area contributed by atoms with Crippen LogP contribution in [-0.2, 0) is 9.59 Å². The Morgan fingerprint density at radius 2 is 1.22 bits per heavy atom. The third-order valence-corrected chi connectivity index (χ3v) is 0.167. The van der Waals surface area contributed by atoms with E-state index in [1.165, 1.54) is 0 Å². The van der Waals surface area contributed by atoms with Gasteiger partial charge in [0, 0.05) is 0 Å². The average Bonchev–Trinajstić information content (AvgIpc) is 1.69. The summed E-state index contributed by atoms with van der Waals surface area (Å²) >= 11 is 0. The topological polar surface area (TPSA) is 101 Å². The Morgan fingerprint density at radius 1 is 1.11 bits per heavy atom. The highest BCUT2D eigenvalue weighted by Crippen LogP contribution is 1.52. The minimum Gasteiger partial charge on any atom is -0.412 e. The van der Waals surface area contributed by atoms with Crippen LogP contribution in [0.15, 0.2) is 25.3 Å². The fourth-order valence-corrected chi connectivity index (χ4v) is 0. The summed E-state index contributed by atoms with van der Waals surface area (Å²) in [6.45, 7) is 6.72. The van der Waals surface area contributed by atoms with Gasteiger partial charge in [0.2, 0.25) is 0 Å². The second-order valence-electron chi connectivity index (χ2n) is 0.555. The minimum absolute atomic E-state index is 0. The number of hydrogen-bond donors (Lipinski definition) is 1. The van der Waals surface area contributed by atoms with E-state index >= 15 is 0 Å². The van der Waals surface area contributed by atoms with Crippen molar-refractivity contribution in [3.05, 3.63) is 25.3 Å². The van der Waals surface area contributed by atoms with Gasteiger partial charge in [0.05, 0.1) is 0 Å². The van der Waals surface area contributed by atoms with Crippen LogP contribution in [0.4, 0.5) is 0 Å². The maximum Gasteiger partial charge on any atom is 0.373 e. The summed E-state index contributed by atoms with van der Waals surface area (Å²) in [5.74, 6) is 0. The minimum atomic E-state index is 0.